The molecule has 5 N–H and O–H groups in total. The van der Waals surface area contributed by atoms with Crippen molar-refractivity contribution in [2.24, 2.45) is 11.1 Å². The van der Waals surface area contributed by atoms with Gasteiger partial charge < -0.3 is 26.2 Å². The second-order valence-corrected chi connectivity index (χ2v) is 12.7. The van der Waals surface area contributed by atoms with Crippen molar-refractivity contribution in [2.75, 3.05) is 45.2 Å². The van der Waals surface area contributed by atoms with Gasteiger partial charge in [-0.05, 0) is 38.3 Å². The lowest BCUT2D eigenvalue weighted by Crippen LogP contribution is -2.56. The Hall–Kier alpha value is -2.46. The van der Waals surface area contributed by atoms with E-state index in [2.05, 4.69) is 20.7 Å². The molecule has 2 aromatic rings. The predicted molar refractivity (Wildman–Crippen MR) is 146 cm³/mol. The lowest BCUT2D eigenvalue weighted by Gasteiger charge is -2.39. The summed E-state index contributed by atoms with van der Waals surface area (Å²) in [5.41, 5.74) is 6.76. The molecular formula is C25H40N8O5S. The second-order valence-electron chi connectivity index (χ2n) is 10.8. The van der Waals surface area contributed by atoms with Gasteiger partial charge in [-0.15, -0.1) is 5.10 Å². The van der Waals surface area contributed by atoms with E-state index in [1.54, 1.807) is 13.8 Å². The summed E-state index contributed by atoms with van der Waals surface area (Å²) in [5.74, 6) is 0.0898. The van der Waals surface area contributed by atoms with Crippen LogP contribution in [-0.4, -0.2) is 94.8 Å². The van der Waals surface area contributed by atoms with Gasteiger partial charge in [-0.2, -0.15) is 26.7 Å². The number of hydrogen-bond acceptors (Lipinski definition) is 10. The van der Waals surface area contributed by atoms with Gasteiger partial charge in [0, 0.05) is 52.4 Å². The number of nitrogens with two attached hydrogens (primary N) is 1. The minimum atomic E-state index is -3.91. The van der Waals surface area contributed by atoms with Crippen LogP contribution in [0.3, 0.4) is 0 Å². The maximum Gasteiger partial charge on any atom is 0.282 e. The Morgan fingerprint density at radius 3 is 2.56 bits per heavy atom. The number of ether oxygens (including phenoxy) is 1. The van der Waals surface area contributed by atoms with Crippen LogP contribution in [0.2, 0.25) is 0 Å². The van der Waals surface area contributed by atoms with E-state index in [0.717, 1.165) is 11.1 Å². The van der Waals surface area contributed by atoms with Crippen LogP contribution in [-0.2, 0) is 28.0 Å². The van der Waals surface area contributed by atoms with E-state index < -0.39 is 27.8 Å². The van der Waals surface area contributed by atoms with Gasteiger partial charge in [-0.1, -0.05) is 24.3 Å². The number of nitrogens with zero attached hydrogens (tertiary/aromatic N) is 5. The van der Waals surface area contributed by atoms with Gasteiger partial charge in [0.1, 0.15) is 6.04 Å². The van der Waals surface area contributed by atoms with Gasteiger partial charge in [-0.25, -0.2) is 0 Å². The van der Waals surface area contributed by atoms with Crippen molar-refractivity contribution in [3.05, 3.63) is 41.2 Å². The molecule has 0 bridgehead atoms. The third-order valence-corrected chi connectivity index (χ3v) is 9.19. The van der Waals surface area contributed by atoms with E-state index in [9.17, 15) is 18.3 Å². The number of hydrogen-bond donors (Lipinski definition) is 4. The van der Waals surface area contributed by atoms with Crippen molar-refractivity contribution in [1.29, 1.82) is 0 Å². The fourth-order valence-corrected chi connectivity index (χ4v) is 6.85. The van der Waals surface area contributed by atoms with E-state index in [-0.39, 0.29) is 50.0 Å². The fourth-order valence-electron chi connectivity index (χ4n) is 4.98. The highest BCUT2D eigenvalue weighted by molar-refractivity contribution is 7.86. The molecular weight excluding hydrogens is 524 g/mol. The number of carbonyl (C=O) groups is 1. The van der Waals surface area contributed by atoms with E-state index in [1.165, 1.54) is 20.4 Å². The molecule has 13 nitrogen and oxygen atoms in total. The number of nitrogens with one attached hydrogen (secondary N) is 2. The smallest absolute Gasteiger partial charge is 0.282 e. The Morgan fingerprint density at radius 1 is 1.26 bits per heavy atom. The molecule has 3 atom stereocenters. The Balaban J connectivity index is 1.70. The minimum absolute atomic E-state index is 0.0503. The maximum atomic E-state index is 13.6. The van der Waals surface area contributed by atoms with Crippen molar-refractivity contribution in [1.82, 2.24) is 28.7 Å². The zero-order valence-electron chi connectivity index (χ0n) is 23.0. The zero-order valence-corrected chi connectivity index (χ0v) is 23.8. The molecule has 2 aliphatic rings. The Bertz CT molecular complexity index is 1250. The largest absolute Gasteiger partial charge is 0.392 e. The van der Waals surface area contributed by atoms with Crippen LogP contribution in [0.25, 0.3) is 0 Å². The highest BCUT2D eigenvalue weighted by Gasteiger charge is 2.45. The van der Waals surface area contributed by atoms with E-state index >= 15 is 0 Å². The number of aliphatic hydroxyl groups excluding tert-OH is 1. The van der Waals surface area contributed by atoms with Crippen molar-refractivity contribution < 1.29 is 23.1 Å². The topological polar surface area (TPSA) is 168 Å². The second kappa shape index (κ2) is 12.0. The van der Waals surface area contributed by atoms with Gasteiger partial charge in [0.25, 0.3) is 16.1 Å². The summed E-state index contributed by atoms with van der Waals surface area (Å²) in [6.45, 7) is 7.32. The van der Waals surface area contributed by atoms with Crippen molar-refractivity contribution >= 4 is 22.1 Å². The summed E-state index contributed by atoms with van der Waals surface area (Å²) < 4.78 is 36.4. The molecule has 0 saturated carbocycles. The average Bonchev–Trinajstić information content (AvgIpc) is 3.54. The monoisotopic (exact) mass is 564 g/mol. The number of aromatic nitrogens is 3. The molecule has 1 aromatic carbocycles. The average molecular weight is 565 g/mol. The van der Waals surface area contributed by atoms with Crippen LogP contribution >= 0.6 is 0 Å². The number of carbonyl (C=O) groups excluding carboxylic acids is 1. The highest BCUT2D eigenvalue weighted by Crippen LogP contribution is 2.32. The number of aliphatic hydroxyl groups is 1. The van der Waals surface area contributed by atoms with Gasteiger partial charge in [0.05, 0.1) is 18.1 Å². The van der Waals surface area contributed by atoms with Crippen LogP contribution in [0.5, 0.6) is 0 Å². The molecule has 216 valence electrons. The highest BCUT2D eigenvalue weighted by atomic mass is 32.2. The molecule has 1 aromatic heterocycles. The lowest BCUT2D eigenvalue weighted by molar-refractivity contribution is 0.0527. The quantitative estimate of drug-likeness (QED) is 0.315. The van der Waals surface area contributed by atoms with Crippen molar-refractivity contribution in [3.8, 4) is 0 Å². The first-order chi connectivity index (χ1) is 18.5. The molecule has 39 heavy (non-hydrogen) atoms. The van der Waals surface area contributed by atoms with Gasteiger partial charge >= 0.3 is 0 Å². The lowest BCUT2D eigenvalue weighted by atomic mass is 9.94. The molecule has 0 aliphatic carbocycles. The van der Waals surface area contributed by atoms with Gasteiger partial charge in [0.15, 0.2) is 5.82 Å². The first-order valence-electron chi connectivity index (χ1n) is 13.2. The summed E-state index contributed by atoms with van der Waals surface area (Å²) in [6.07, 6.45) is -0.298. The summed E-state index contributed by atoms with van der Waals surface area (Å²) in [6, 6.07) is 6.68. The van der Waals surface area contributed by atoms with Crippen LogP contribution in [0.15, 0.2) is 24.3 Å². The normalized spacial score (nSPS) is 23.3. The van der Waals surface area contributed by atoms with Crippen molar-refractivity contribution in [2.45, 2.75) is 58.5 Å². The third kappa shape index (κ3) is 6.32. The SMILES string of the molecule is COCC(C)(C)C(=O)n1nc(C2C(C)NCCN2S(=O)(=O)N2CCC(O)C2)nc1NCc1ccc(CN)cc1. The van der Waals surface area contributed by atoms with Crippen LogP contribution in [0.4, 0.5) is 5.95 Å². The molecule has 2 aliphatic heterocycles. The summed E-state index contributed by atoms with van der Waals surface area (Å²) in [5, 5.41) is 21.1. The number of anilines is 1. The van der Waals surface area contributed by atoms with Crippen LogP contribution < -0.4 is 16.4 Å². The first-order valence-corrected chi connectivity index (χ1v) is 14.6. The summed E-state index contributed by atoms with van der Waals surface area (Å²) in [7, 11) is -2.38. The van der Waals surface area contributed by atoms with Crippen molar-refractivity contribution in [3.63, 3.8) is 0 Å². The number of methoxy groups -OCH3 is 1. The number of rotatable bonds is 10. The Labute approximate surface area is 229 Å². The maximum absolute atomic E-state index is 13.6. The minimum Gasteiger partial charge on any atom is -0.392 e. The van der Waals surface area contributed by atoms with E-state index in [0.29, 0.717) is 26.1 Å². The summed E-state index contributed by atoms with van der Waals surface area (Å²) >= 11 is 0. The molecule has 0 radical (unpaired) electrons. The van der Waals surface area contributed by atoms with Gasteiger partial charge in [0.2, 0.25) is 5.95 Å². The summed E-state index contributed by atoms with van der Waals surface area (Å²) in [4.78, 5) is 18.3. The third-order valence-electron chi connectivity index (χ3n) is 7.20. The molecule has 2 saturated heterocycles. The molecule has 0 amide bonds. The molecule has 3 heterocycles. The number of β-amino-alcohol motifs (C(OH)–C–C–N with tert-alkyl or cyclic N) is 1. The van der Waals surface area contributed by atoms with E-state index in [1.807, 2.05) is 31.2 Å². The molecule has 3 unspecified atom stereocenters. The fraction of sp³-hybridized carbons (Fsp3) is 0.640. The Morgan fingerprint density at radius 2 is 1.95 bits per heavy atom. The predicted octanol–water partition coefficient (Wildman–Crippen LogP) is 0.308. The van der Waals surface area contributed by atoms with E-state index in [4.69, 9.17) is 10.5 Å². The van der Waals surface area contributed by atoms with Gasteiger partial charge in [-0.3, -0.25) is 4.79 Å². The molecule has 4 rings (SSSR count). The van der Waals surface area contributed by atoms with Crippen LogP contribution in [0.1, 0.15) is 55.0 Å². The zero-order chi connectivity index (χ0) is 28.4. The number of piperazine rings is 1. The first kappa shape index (κ1) is 29.5. The number of benzene rings is 1. The van der Waals surface area contributed by atoms with Crippen LogP contribution in [0, 0.1) is 5.41 Å². The Kier molecular flexibility index (Phi) is 9.05. The molecule has 0 spiro atoms. The molecule has 14 heteroatoms. The standard InChI is InChI=1S/C25H40N8O5S/c1-17-21(32(12-10-27-17)39(36,37)31-11-9-20(34)15-31)22-29-24(28-14-19-7-5-18(13-26)6-8-19)33(30-22)23(35)25(2,3)16-38-4/h5-8,17,20-21,27,34H,9-16,26H2,1-4H3,(H,28,29,30). The molecule has 2 fully saturated rings.